The molecule has 0 atom stereocenters. The van der Waals surface area contributed by atoms with E-state index in [0.717, 1.165) is 11.1 Å². The summed E-state index contributed by atoms with van der Waals surface area (Å²) in [6.45, 7) is 20.6. The molecule has 170 valence electrons. The van der Waals surface area contributed by atoms with Gasteiger partial charge in [-0.2, -0.15) is 0 Å². The predicted octanol–water partition coefficient (Wildman–Crippen LogP) is 5.02. The van der Waals surface area contributed by atoms with Gasteiger partial charge in [-0.1, -0.05) is 86.1 Å². The van der Waals surface area contributed by atoms with Gasteiger partial charge in [0.15, 0.2) is 0 Å². The summed E-state index contributed by atoms with van der Waals surface area (Å²) >= 11 is 0. The summed E-state index contributed by atoms with van der Waals surface area (Å²) in [5.41, 5.74) is 6.56. The van der Waals surface area contributed by atoms with Gasteiger partial charge in [0.2, 0.25) is 0 Å². The minimum atomic E-state index is -1.75. The number of hydrogen-bond acceptors (Lipinski definition) is 4. The van der Waals surface area contributed by atoms with Crippen molar-refractivity contribution in [3.8, 4) is 0 Å². The van der Waals surface area contributed by atoms with Crippen molar-refractivity contribution in [2.45, 2.75) is 52.9 Å². The monoisotopic (exact) mass is 466 g/mol. The minimum absolute atomic E-state index is 0.405. The normalized spacial score (nSPS) is 11.6. The fourth-order valence-electron chi connectivity index (χ4n) is 3.37. The number of benzene rings is 2. The van der Waals surface area contributed by atoms with E-state index < -0.39 is 28.1 Å². The number of carbonyl (C=O) groups is 2. The highest BCUT2D eigenvalue weighted by molar-refractivity contribution is 6.94. The second kappa shape index (κ2) is 10.3. The van der Waals surface area contributed by atoms with Gasteiger partial charge in [0.1, 0.15) is 16.1 Å². The van der Waals surface area contributed by atoms with Crippen molar-refractivity contribution < 1.29 is 19.4 Å². The smallest absolute Gasteiger partial charge is 0.241 e. The molecule has 0 N–H and O–H groups in total. The van der Waals surface area contributed by atoms with Crippen molar-refractivity contribution >= 4 is 38.5 Å². The molecular weight excluding hydrogens is 432 g/mol. The first-order chi connectivity index (χ1) is 15.0. The first-order valence-electron chi connectivity index (χ1n) is 11.0. The Labute approximate surface area is 193 Å². The minimum Gasteiger partial charge on any atom is -0.241 e. The fraction of sp³-hybridized carbons (Fsp3) is 0.308. The van der Waals surface area contributed by atoms with Gasteiger partial charge in [0.25, 0.3) is 0 Å². The summed E-state index contributed by atoms with van der Waals surface area (Å²) < 4.78 is 0. The van der Waals surface area contributed by atoms with Crippen LogP contribution in [0.25, 0.3) is 0 Å². The summed E-state index contributed by atoms with van der Waals surface area (Å²) in [7, 11) is -3.50. The standard InChI is InChI=1S/C26H34O4Si2/c1-9-19-17-21(31(5,6)11-3)13-15-23(19)25(27)29-30-26(28)24-16-14-22(18-20(24)10-2)32(7,8)12-4/h11-18H,3-4,9-10H2,1-2,5-8H3. The van der Waals surface area contributed by atoms with E-state index in [-0.39, 0.29) is 0 Å². The summed E-state index contributed by atoms with van der Waals surface area (Å²) in [5, 5.41) is 2.38. The van der Waals surface area contributed by atoms with Crippen molar-refractivity contribution in [1.29, 1.82) is 0 Å². The zero-order valence-corrected chi connectivity index (χ0v) is 22.1. The summed E-state index contributed by atoms with van der Waals surface area (Å²) in [6, 6.07) is 11.4. The largest absolute Gasteiger partial charge is 0.386 e. The van der Waals surface area contributed by atoms with Gasteiger partial charge in [0.05, 0.1) is 11.1 Å². The quantitative estimate of drug-likeness (QED) is 0.311. The van der Waals surface area contributed by atoms with E-state index in [1.165, 1.54) is 10.4 Å². The van der Waals surface area contributed by atoms with Crippen LogP contribution in [0.2, 0.25) is 26.2 Å². The molecule has 0 heterocycles. The highest BCUT2D eigenvalue weighted by Gasteiger charge is 2.24. The van der Waals surface area contributed by atoms with Crippen LogP contribution < -0.4 is 10.4 Å². The Morgan fingerprint density at radius 2 is 1.09 bits per heavy atom. The second-order valence-electron chi connectivity index (χ2n) is 9.04. The Morgan fingerprint density at radius 3 is 1.38 bits per heavy atom. The molecule has 0 aromatic heterocycles. The number of carbonyl (C=O) groups excluding carboxylic acids is 2. The average Bonchev–Trinajstić information content (AvgIpc) is 2.81. The van der Waals surface area contributed by atoms with Crippen LogP contribution >= 0.6 is 0 Å². The molecule has 6 heteroatoms. The van der Waals surface area contributed by atoms with Crippen LogP contribution in [-0.4, -0.2) is 28.1 Å². The second-order valence-corrected chi connectivity index (χ2v) is 17.9. The predicted molar refractivity (Wildman–Crippen MR) is 137 cm³/mol. The summed E-state index contributed by atoms with van der Waals surface area (Å²) in [5.74, 6) is -1.34. The third kappa shape index (κ3) is 5.55. The molecule has 4 nitrogen and oxygen atoms in total. The molecule has 0 amide bonds. The molecule has 0 unspecified atom stereocenters. The van der Waals surface area contributed by atoms with Crippen LogP contribution in [0.1, 0.15) is 45.7 Å². The van der Waals surface area contributed by atoms with E-state index >= 15 is 0 Å². The average molecular weight is 467 g/mol. The van der Waals surface area contributed by atoms with Gasteiger partial charge in [-0.15, -0.1) is 13.2 Å². The van der Waals surface area contributed by atoms with Crippen LogP contribution in [-0.2, 0) is 22.6 Å². The van der Waals surface area contributed by atoms with Gasteiger partial charge in [-0.05, 0) is 36.1 Å². The van der Waals surface area contributed by atoms with Crippen LogP contribution in [0.5, 0.6) is 0 Å². The molecule has 2 aromatic rings. The molecule has 0 saturated carbocycles. The molecular formula is C26H34O4Si2. The molecule has 2 aromatic carbocycles. The Balaban J connectivity index is 2.20. The van der Waals surface area contributed by atoms with E-state index in [1.807, 2.05) is 49.5 Å². The van der Waals surface area contributed by atoms with Crippen LogP contribution in [0.15, 0.2) is 61.0 Å². The van der Waals surface area contributed by atoms with Crippen LogP contribution in [0.4, 0.5) is 0 Å². The van der Waals surface area contributed by atoms with Gasteiger partial charge >= 0.3 is 11.9 Å². The fourth-order valence-corrected chi connectivity index (χ4v) is 5.96. The van der Waals surface area contributed by atoms with Crippen molar-refractivity contribution in [3.63, 3.8) is 0 Å². The van der Waals surface area contributed by atoms with E-state index in [1.54, 1.807) is 12.1 Å². The van der Waals surface area contributed by atoms with Gasteiger partial charge in [-0.25, -0.2) is 19.4 Å². The molecule has 32 heavy (non-hydrogen) atoms. The Kier molecular flexibility index (Phi) is 8.20. The highest BCUT2D eigenvalue weighted by Crippen LogP contribution is 2.17. The molecule has 0 saturated heterocycles. The van der Waals surface area contributed by atoms with Crippen LogP contribution in [0.3, 0.4) is 0 Å². The van der Waals surface area contributed by atoms with Crippen molar-refractivity contribution in [2.75, 3.05) is 0 Å². The highest BCUT2D eigenvalue weighted by atomic mass is 28.3. The van der Waals surface area contributed by atoms with Gasteiger partial charge < -0.3 is 0 Å². The summed E-state index contributed by atoms with van der Waals surface area (Å²) in [6.07, 6.45) is 1.33. The molecule has 0 aliphatic heterocycles. The lowest BCUT2D eigenvalue weighted by molar-refractivity contribution is -0.187. The molecule has 0 aliphatic carbocycles. The maximum Gasteiger partial charge on any atom is 0.386 e. The first-order valence-corrected chi connectivity index (χ1v) is 17.1. The molecule has 0 radical (unpaired) electrons. The summed E-state index contributed by atoms with van der Waals surface area (Å²) in [4.78, 5) is 35.2. The number of rotatable bonds is 8. The Bertz CT molecular complexity index is 955. The molecule has 0 fully saturated rings. The molecule has 2 rings (SSSR count). The lowest BCUT2D eigenvalue weighted by Gasteiger charge is -2.20. The van der Waals surface area contributed by atoms with E-state index in [2.05, 4.69) is 39.3 Å². The molecule has 0 spiro atoms. The van der Waals surface area contributed by atoms with Gasteiger partial charge in [-0.3, -0.25) is 0 Å². The SMILES string of the molecule is C=C[Si](C)(C)c1ccc(C(=O)OOC(=O)c2ccc([Si](C)(C)C=C)cc2CC)c(CC)c1. The first kappa shape index (κ1) is 25.6. The van der Waals surface area contributed by atoms with Crippen molar-refractivity contribution in [1.82, 2.24) is 0 Å². The van der Waals surface area contributed by atoms with E-state index in [9.17, 15) is 9.59 Å². The van der Waals surface area contributed by atoms with E-state index in [4.69, 9.17) is 9.78 Å². The zero-order valence-electron chi connectivity index (χ0n) is 20.1. The third-order valence-electron chi connectivity index (χ3n) is 6.11. The Hall–Kier alpha value is -2.71. The molecule has 0 aliphatic rings. The third-order valence-corrected chi connectivity index (χ3v) is 11.8. The molecule has 0 bridgehead atoms. The topological polar surface area (TPSA) is 52.6 Å². The van der Waals surface area contributed by atoms with Crippen molar-refractivity contribution in [3.05, 3.63) is 83.2 Å². The van der Waals surface area contributed by atoms with Crippen LogP contribution in [0, 0.1) is 0 Å². The van der Waals surface area contributed by atoms with Crippen molar-refractivity contribution in [2.24, 2.45) is 0 Å². The van der Waals surface area contributed by atoms with Gasteiger partial charge in [0, 0.05) is 0 Å². The zero-order chi connectivity index (χ0) is 24.1. The lowest BCUT2D eigenvalue weighted by atomic mass is 10.1. The lowest BCUT2D eigenvalue weighted by Crippen LogP contribution is -2.39. The maximum atomic E-state index is 12.7. The number of hydrogen-bond donors (Lipinski definition) is 0. The number of aryl methyl sites for hydroxylation is 2. The van der Waals surface area contributed by atoms with E-state index in [0.29, 0.717) is 24.0 Å². The Morgan fingerprint density at radius 1 is 0.750 bits per heavy atom. The maximum absolute atomic E-state index is 12.7.